The number of halogens is 3. The minimum absolute atomic E-state index is 0.460. The second-order valence-electron chi connectivity index (χ2n) is 6.01. The first-order valence-electron chi connectivity index (χ1n) is 8.35. The van der Waals surface area contributed by atoms with E-state index in [1.54, 1.807) is 0 Å². The predicted molar refractivity (Wildman–Crippen MR) is 101 cm³/mol. The molecule has 0 aromatic carbocycles. The van der Waals surface area contributed by atoms with E-state index in [1.807, 2.05) is 0 Å². The van der Waals surface area contributed by atoms with Crippen LogP contribution in [-0.2, 0) is 47.6 Å². The van der Waals surface area contributed by atoms with Crippen LogP contribution in [0, 0.1) is 5.41 Å². The number of ether oxygens (including phenoxy) is 6. The molecule has 0 aromatic heterocycles. The van der Waals surface area contributed by atoms with Gasteiger partial charge in [-0.1, -0.05) is 34.8 Å². The fourth-order valence-corrected chi connectivity index (χ4v) is 2.60. The van der Waals surface area contributed by atoms with Crippen LogP contribution in [-0.4, -0.2) is 70.9 Å². The molecule has 11 nitrogen and oxygen atoms in total. The zero-order valence-electron chi connectivity index (χ0n) is 16.3. The molecule has 1 aliphatic heterocycles. The van der Waals surface area contributed by atoms with Crippen molar-refractivity contribution in [3.8, 4) is 0 Å². The highest BCUT2D eigenvalue weighted by Crippen LogP contribution is 2.33. The molecule has 14 heteroatoms. The van der Waals surface area contributed by atoms with Gasteiger partial charge in [0.05, 0.1) is 0 Å². The topological polar surface area (TPSA) is 148 Å². The molecule has 30 heavy (non-hydrogen) atoms. The Morgan fingerprint density at radius 3 is 1.70 bits per heavy atom. The zero-order valence-corrected chi connectivity index (χ0v) is 18.6. The van der Waals surface area contributed by atoms with Crippen molar-refractivity contribution in [1.82, 2.24) is 0 Å². The molecule has 0 spiro atoms. The summed E-state index contributed by atoms with van der Waals surface area (Å²) in [6.45, 7) is 3.86. The Morgan fingerprint density at radius 1 is 0.800 bits per heavy atom. The average Bonchev–Trinajstić information content (AvgIpc) is 2.56. The molecule has 1 saturated heterocycles. The Kier molecular flexibility index (Phi) is 9.60. The van der Waals surface area contributed by atoms with E-state index in [-0.39, 0.29) is 0 Å². The van der Waals surface area contributed by atoms with E-state index in [2.05, 4.69) is 0 Å². The Bertz CT molecular complexity index is 695. The van der Waals surface area contributed by atoms with Gasteiger partial charge >= 0.3 is 23.9 Å². The number of nitrogens with one attached hydrogen (secondary N) is 1. The van der Waals surface area contributed by atoms with Gasteiger partial charge in [0.25, 0.3) is 3.79 Å². The highest BCUT2D eigenvalue weighted by atomic mass is 35.6. The van der Waals surface area contributed by atoms with Crippen molar-refractivity contribution in [2.45, 2.75) is 62.2 Å². The van der Waals surface area contributed by atoms with E-state index in [9.17, 15) is 19.2 Å². The predicted octanol–water partition coefficient (Wildman–Crippen LogP) is 1.43. The summed E-state index contributed by atoms with van der Waals surface area (Å²) < 4.78 is 28.9. The highest BCUT2D eigenvalue weighted by Gasteiger charge is 2.54. The van der Waals surface area contributed by atoms with Crippen LogP contribution in [0.4, 0.5) is 0 Å². The standard InChI is InChI=1S/C16H20Cl3NO10/c1-6(21)25-5-10-11(26-7(2)22)12(27-8(3)23)13(28-9(4)24)14(29-10)30-15(20)16(17,18)19/h10-14,20H,5H2,1-4H3/t10-,11?,12?,13?,14+/m1/s1. The van der Waals surface area contributed by atoms with Gasteiger partial charge in [0, 0.05) is 27.7 Å². The molecule has 1 aliphatic rings. The van der Waals surface area contributed by atoms with Gasteiger partial charge in [-0.25, -0.2) is 0 Å². The summed E-state index contributed by atoms with van der Waals surface area (Å²) >= 11 is 16.8. The SMILES string of the molecule is CC(=O)OC[C@H]1O[C@@H](OC(=N)C(Cl)(Cl)Cl)C(OC(C)=O)C(OC(C)=O)C1OC(C)=O. The van der Waals surface area contributed by atoms with E-state index in [4.69, 9.17) is 68.6 Å². The lowest BCUT2D eigenvalue weighted by molar-refractivity contribution is -0.292. The molecule has 5 atom stereocenters. The molecule has 0 amide bonds. The van der Waals surface area contributed by atoms with E-state index in [0.29, 0.717) is 0 Å². The Balaban J connectivity index is 3.37. The molecule has 0 radical (unpaired) electrons. The molecule has 1 heterocycles. The van der Waals surface area contributed by atoms with Crippen LogP contribution in [0.1, 0.15) is 27.7 Å². The van der Waals surface area contributed by atoms with Gasteiger partial charge in [-0.2, -0.15) is 0 Å². The maximum atomic E-state index is 11.7. The highest BCUT2D eigenvalue weighted by molar-refractivity contribution is 6.76. The third-order valence-corrected chi connectivity index (χ3v) is 3.95. The van der Waals surface area contributed by atoms with Crippen LogP contribution >= 0.6 is 34.8 Å². The Hall–Kier alpha value is -1.82. The third kappa shape index (κ3) is 8.13. The molecule has 170 valence electrons. The van der Waals surface area contributed by atoms with Gasteiger partial charge in [-0.05, 0) is 0 Å². The van der Waals surface area contributed by atoms with Crippen molar-refractivity contribution in [2.75, 3.05) is 6.61 Å². The number of carbonyl (C=O) groups is 4. The van der Waals surface area contributed by atoms with E-state index >= 15 is 0 Å². The molecule has 0 aliphatic carbocycles. The quantitative estimate of drug-likeness (QED) is 0.190. The lowest BCUT2D eigenvalue weighted by atomic mass is 9.98. The molecule has 1 rings (SSSR count). The maximum Gasteiger partial charge on any atom is 0.303 e. The summed E-state index contributed by atoms with van der Waals surface area (Å²) in [5, 5.41) is 7.74. The number of hydrogen-bond acceptors (Lipinski definition) is 11. The fraction of sp³-hybridized carbons (Fsp3) is 0.688. The smallest absolute Gasteiger partial charge is 0.303 e. The molecule has 1 fully saturated rings. The van der Waals surface area contributed by atoms with Gasteiger partial charge in [0.2, 0.25) is 18.3 Å². The average molecular weight is 493 g/mol. The third-order valence-electron chi connectivity index (χ3n) is 3.44. The van der Waals surface area contributed by atoms with Crippen LogP contribution in [0.25, 0.3) is 0 Å². The van der Waals surface area contributed by atoms with E-state index < -0.39 is 70.9 Å². The fourth-order valence-electron chi connectivity index (χ4n) is 2.47. The molecule has 1 N–H and O–H groups in total. The van der Waals surface area contributed by atoms with Crippen LogP contribution in [0.5, 0.6) is 0 Å². The zero-order chi connectivity index (χ0) is 23.2. The first-order valence-corrected chi connectivity index (χ1v) is 9.48. The number of alkyl halides is 3. The number of esters is 4. The summed E-state index contributed by atoms with van der Waals surface area (Å²) in [4.78, 5) is 46.1. The first kappa shape index (κ1) is 26.2. The van der Waals surface area contributed by atoms with Crippen molar-refractivity contribution in [3.63, 3.8) is 0 Å². The summed E-state index contributed by atoms with van der Waals surface area (Å²) in [5.41, 5.74) is 0. The van der Waals surface area contributed by atoms with Gasteiger partial charge < -0.3 is 28.4 Å². The Labute approximate surface area is 186 Å². The van der Waals surface area contributed by atoms with Crippen LogP contribution < -0.4 is 0 Å². The van der Waals surface area contributed by atoms with Gasteiger partial charge in [-0.3, -0.25) is 24.6 Å². The Morgan fingerprint density at radius 2 is 1.27 bits per heavy atom. The van der Waals surface area contributed by atoms with Crippen LogP contribution in [0.3, 0.4) is 0 Å². The van der Waals surface area contributed by atoms with Crippen LogP contribution in [0.15, 0.2) is 0 Å². The van der Waals surface area contributed by atoms with Gasteiger partial charge in [0.1, 0.15) is 12.7 Å². The van der Waals surface area contributed by atoms with Gasteiger partial charge in [-0.15, -0.1) is 0 Å². The summed E-state index contributed by atoms with van der Waals surface area (Å²) in [6, 6.07) is 0. The summed E-state index contributed by atoms with van der Waals surface area (Å²) in [6.07, 6.45) is -7.25. The van der Waals surface area contributed by atoms with E-state index in [1.165, 1.54) is 0 Å². The largest absolute Gasteiger partial charge is 0.463 e. The molecule has 0 bridgehead atoms. The summed E-state index contributed by atoms with van der Waals surface area (Å²) in [7, 11) is 0. The van der Waals surface area contributed by atoms with Crippen molar-refractivity contribution in [2.24, 2.45) is 0 Å². The van der Waals surface area contributed by atoms with Crippen molar-refractivity contribution in [3.05, 3.63) is 0 Å². The first-order chi connectivity index (χ1) is 13.7. The monoisotopic (exact) mass is 491 g/mol. The number of hydrogen-bond donors (Lipinski definition) is 1. The summed E-state index contributed by atoms with van der Waals surface area (Å²) in [5.74, 6) is -4.03. The van der Waals surface area contributed by atoms with Crippen LogP contribution in [0.2, 0.25) is 0 Å². The molecule has 0 saturated carbocycles. The normalized spacial score (nSPS) is 26.2. The second-order valence-corrected chi connectivity index (χ2v) is 8.29. The molecule has 3 unspecified atom stereocenters. The maximum absolute atomic E-state index is 11.7. The van der Waals surface area contributed by atoms with E-state index in [0.717, 1.165) is 27.7 Å². The lowest BCUT2D eigenvalue weighted by Gasteiger charge is -2.44. The number of carbonyl (C=O) groups excluding carboxylic acids is 4. The van der Waals surface area contributed by atoms with Crippen molar-refractivity contribution >= 4 is 64.6 Å². The molecule has 0 aromatic rings. The molecular formula is C16H20Cl3NO10. The molecular weight excluding hydrogens is 473 g/mol. The van der Waals surface area contributed by atoms with Gasteiger partial charge in [0.15, 0.2) is 12.2 Å². The number of rotatable bonds is 6. The van der Waals surface area contributed by atoms with Crippen molar-refractivity contribution < 1.29 is 47.6 Å². The van der Waals surface area contributed by atoms with Crippen molar-refractivity contribution in [1.29, 1.82) is 5.41 Å². The minimum atomic E-state index is -2.29. The lowest BCUT2D eigenvalue weighted by Crippen LogP contribution is -2.63. The second kappa shape index (κ2) is 11.0. The minimum Gasteiger partial charge on any atom is -0.463 e.